The first-order valence-electron chi connectivity index (χ1n) is 4.15. The van der Waals surface area contributed by atoms with Crippen molar-refractivity contribution in [3.8, 4) is 0 Å². The lowest BCUT2D eigenvalue weighted by molar-refractivity contribution is -0.209. The summed E-state index contributed by atoms with van der Waals surface area (Å²) in [5, 5.41) is 0. The smallest absolute Gasteiger partial charge is 0.333 e. The van der Waals surface area contributed by atoms with Crippen LogP contribution in [-0.4, -0.2) is 18.9 Å². The lowest BCUT2D eigenvalue weighted by atomic mass is 10.2. The number of rotatable bonds is 5. The van der Waals surface area contributed by atoms with Crippen LogP contribution in [0.2, 0.25) is 0 Å². The van der Waals surface area contributed by atoms with Crippen molar-refractivity contribution in [1.29, 1.82) is 0 Å². The number of hydrogen-bond donors (Lipinski definition) is 0. The minimum absolute atomic E-state index is 0.425. The number of ether oxygens (including phenoxy) is 2. The van der Waals surface area contributed by atoms with Gasteiger partial charge >= 0.3 is 5.97 Å². The highest BCUT2D eigenvalue weighted by atomic mass is 16.7. The summed E-state index contributed by atoms with van der Waals surface area (Å²) in [5.41, 5.74) is 0. The predicted molar refractivity (Wildman–Crippen MR) is 51.1 cm³/mol. The molecular formula is C10H16O3. The highest BCUT2D eigenvalue weighted by Gasteiger charge is 2.24. The summed E-state index contributed by atoms with van der Waals surface area (Å²) < 4.78 is 10.1. The number of carbonyl (C=O) groups excluding carboxylic acids is 1. The van der Waals surface area contributed by atoms with Gasteiger partial charge in [0.2, 0.25) is 5.79 Å². The fourth-order valence-electron chi connectivity index (χ4n) is 0.652. The monoisotopic (exact) mass is 184 g/mol. The van der Waals surface area contributed by atoms with E-state index in [2.05, 4.69) is 6.58 Å². The summed E-state index contributed by atoms with van der Waals surface area (Å²) >= 11 is 0. The highest BCUT2D eigenvalue weighted by Crippen LogP contribution is 2.15. The molecule has 1 atom stereocenters. The van der Waals surface area contributed by atoms with E-state index in [4.69, 9.17) is 9.47 Å². The second kappa shape index (κ2) is 5.54. The van der Waals surface area contributed by atoms with Gasteiger partial charge in [0.05, 0.1) is 0 Å². The van der Waals surface area contributed by atoms with E-state index in [1.165, 1.54) is 25.3 Å². The van der Waals surface area contributed by atoms with Crippen molar-refractivity contribution in [2.45, 2.75) is 26.1 Å². The summed E-state index contributed by atoms with van der Waals surface area (Å²) in [6.07, 6.45) is 4.95. The molecular weight excluding hydrogens is 168 g/mol. The predicted octanol–water partition coefficient (Wildman–Crippen LogP) is 2.04. The molecule has 0 aliphatic heterocycles. The minimum atomic E-state index is -0.831. The standard InChI is InChI=1S/C10H16O3/c1-5-7-8-9(11)13-10(3,6-2)12-4/h5,7-8H,1,6H2,2-4H3. The Bertz CT molecular complexity index is 202. The molecule has 3 heteroatoms. The van der Waals surface area contributed by atoms with E-state index in [0.717, 1.165) is 0 Å². The molecule has 0 saturated heterocycles. The summed E-state index contributed by atoms with van der Waals surface area (Å²) in [6, 6.07) is 0. The first-order chi connectivity index (χ1) is 6.08. The average molecular weight is 184 g/mol. The van der Waals surface area contributed by atoms with Crippen LogP contribution in [0.25, 0.3) is 0 Å². The Morgan fingerprint density at radius 2 is 2.23 bits per heavy atom. The fourth-order valence-corrected chi connectivity index (χ4v) is 0.652. The lowest BCUT2D eigenvalue weighted by Gasteiger charge is -2.25. The van der Waals surface area contributed by atoms with Crippen molar-refractivity contribution in [1.82, 2.24) is 0 Å². The third kappa shape index (κ3) is 4.48. The highest BCUT2D eigenvalue weighted by molar-refractivity contribution is 5.82. The van der Waals surface area contributed by atoms with Gasteiger partial charge in [-0.05, 0) is 0 Å². The molecule has 0 aromatic carbocycles. The van der Waals surface area contributed by atoms with Crippen LogP contribution >= 0.6 is 0 Å². The second-order valence-corrected chi connectivity index (χ2v) is 2.71. The van der Waals surface area contributed by atoms with Gasteiger partial charge in [0.1, 0.15) is 0 Å². The number of esters is 1. The molecule has 0 aliphatic rings. The molecule has 0 radical (unpaired) electrons. The molecule has 0 spiro atoms. The maximum atomic E-state index is 11.1. The van der Waals surface area contributed by atoms with Gasteiger partial charge in [-0.15, -0.1) is 0 Å². The normalized spacial score (nSPS) is 15.3. The first-order valence-corrected chi connectivity index (χ1v) is 4.15. The van der Waals surface area contributed by atoms with E-state index < -0.39 is 11.8 Å². The molecule has 74 valence electrons. The number of carbonyl (C=O) groups is 1. The maximum absolute atomic E-state index is 11.1. The number of methoxy groups -OCH3 is 1. The minimum Gasteiger partial charge on any atom is -0.430 e. The molecule has 0 saturated carbocycles. The zero-order valence-electron chi connectivity index (χ0n) is 8.37. The zero-order valence-corrected chi connectivity index (χ0v) is 8.37. The molecule has 0 N–H and O–H groups in total. The molecule has 0 aromatic rings. The van der Waals surface area contributed by atoms with Gasteiger partial charge in [-0.1, -0.05) is 25.7 Å². The lowest BCUT2D eigenvalue weighted by Crippen LogP contribution is -2.32. The van der Waals surface area contributed by atoms with E-state index in [-0.39, 0.29) is 0 Å². The average Bonchev–Trinajstić information content (AvgIpc) is 2.14. The van der Waals surface area contributed by atoms with Crippen molar-refractivity contribution in [2.75, 3.05) is 7.11 Å². The fraction of sp³-hybridized carbons (Fsp3) is 0.500. The third-order valence-electron chi connectivity index (χ3n) is 1.76. The van der Waals surface area contributed by atoms with E-state index >= 15 is 0 Å². The van der Waals surface area contributed by atoms with Crippen molar-refractivity contribution >= 4 is 5.97 Å². The second-order valence-electron chi connectivity index (χ2n) is 2.71. The summed E-state index contributed by atoms with van der Waals surface area (Å²) in [7, 11) is 1.51. The molecule has 13 heavy (non-hydrogen) atoms. The Balaban J connectivity index is 4.16. The Morgan fingerprint density at radius 3 is 2.62 bits per heavy atom. The Hall–Kier alpha value is -1.09. The van der Waals surface area contributed by atoms with Crippen LogP contribution in [0.4, 0.5) is 0 Å². The van der Waals surface area contributed by atoms with Gasteiger partial charge in [-0.25, -0.2) is 4.79 Å². The van der Waals surface area contributed by atoms with Crippen molar-refractivity contribution in [3.63, 3.8) is 0 Å². The van der Waals surface area contributed by atoms with E-state index in [0.29, 0.717) is 6.42 Å². The van der Waals surface area contributed by atoms with Gasteiger partial charge in [0, 0.05) is 26.5 Å². The zero-order chi connectivity index (χ0) is 10.3. The van der Waals surface area contributed by atoms with Crippen LogP contribution in [0.1, 0.15) is 20.3 Å². The van der Waals surface area contributed by atoms with Gasteiger partial charge in [-0.3, -0.25) is 0 Å². The SMILES string of the molecule is C=CC=CC(=O)OC(C)(CC)OC. The molecule has 3 nitrogen and oxygen atoms in total. The quantitative estimate of drug-likeness (QED) is 0.284. The Morgan fingerprint density at radius 1 is 1.62 bits per heavy atom. The summed E-state index contributed by atoms with van der Waals surface area (Å²) in [4.78, 5) is 11.1. The van der Waals surface area contributed by atoms with Crippen LogP contribution in [-0.2, 0) is 14.3 Å². The van der Waals surface area contributed by atoms with Gasteiger partial charge in [0.15, 0.2) is 0 Å². The summed E-state index contributed by atoms with van der Waals surface area (Å²) in [6.45, 7) is 7.04. The van der Waals surface area contributed by atoms with Gasteiger partial charge < -0.3 is 9.47 Å². The largest absolute Gasteiger partial charge is 0.430 e. The van der Waals surface area contributed by atoms with Gasteiger partial charge in [-0.2, -0.15) is 0 Å². The van der Waals surface area contributed by atoms with Crippen LogP contribution in [0, 0.1) is 0 Å². The molecule has 0 amide bonds. The molecule has 0 rings (SSSR count). The maximum Gasteiger partial charge on any atom is 0.333 e. The van der Waals surface area contributed by atoms with E-state index in [1.807, 2.05) is 6.92 Å². The van der Waals surface area contributed by atoms with Crippen LogP contribution in [0.3, 0.4) is 0 Å². The van der Waals surface area contributed by atoms with Crippen LogP contribution in [0.15, 0.2) is 24.8 Å². The van der Waals surface area contributed by atoms with Crippen molar-refractivity contribution < 1.29 is 14.3 Å². The van der Waals surface area contributed by atoms with Crippen molar-refractivity contribution in [2.24, 2.45) is 0 Å². The number of hydrogen-bond acceptors (Lipinski definition) is 3. The molecule has 0 heterocycles. The van der Waals surface area contributed by atoms with E-state index in [9.17, 15) is 4.79 Å². The van der Waals surface area contributed by atoms with Crippen LogP contribution < -0.4 is 0 Å². The Labute approximate surface area is 79.0 Å². The molecule has 0 bridgehead atoms. The van der Waals surface area contributed by atoms with Gasteiger partial charge in [0.25, 0.3) is 0 Å². The van der Waals surface area contributed by atoms with Crippen LogP contribution in [0.5, 0.6) is 0 Å². The number of allylic oxidation sites excluding steroid dienone is 2. The molecule has 0 aromatic heterocycles. The molecule has 0 fully saturated rings. The Kier molecular flexibility index (Phi) is 5.07. The van der Waals surface area contributed by atoms with Crippen molar-refractivity contribution in [3.05, 3.63) is 24.8 Å². The summed E-state index contributed by atoms with van der Waals surface area (Å²) in [5.74, 6) is -1.26. The first kappa shape index (κ1) is 11.9. The molecule has 0 aliphatic carbocycles. The molecule has 1 unspecified atom stereocenters. The van der Waals surface area contributed by atoms with E-state index in [1.54, 1.807) is 6.92 Å². The third-order valence-corrected chi connectivity index (χ3v) is 1.76. The topological polar surface area (TPSA) is 35.5 Å².